The lowest BCUT2D eigenvalue weighted by molar-refractivity contribution is -0.173. The van der Waals surface area contributed by atoms with Crippen molar-refractivity contribution < 1.29 is 14.9 Å². The molecule has 2 N–H and O–H groups in total. The van der Waals surface area contributed by atoms with Crippen LogP contribution in [0.2, 0.25) is 0 Å². The van der Waals surface area contributed by atoms with Crippen molar-refractivity contribution in [2.24, 2.45) is 5.92 Å². The van der Waals surface area contributed by atoms with Crippen molar-refractivity contribution in [1.29, 1.82) is 0 Å². The second-order valence-electron chi connectivity index (χ2n) is 12.9. The van der Waals surface area contributed by atoms with Gasteiger partial charge in [-0.25, -0.2) is 0 Å². The highest BCUT2D eigenvalue weighted by Gasteiger charge is 2.73. The number of hydrogen-bond acceptors (Lipinski definition) is 4. The van der Waals surface area contributed by atoms with Gasteiger partial charge in [-0.3, -0.25) is 4.90 Å². The quantitative estimate of drug-likeness (QED) is 0.380. The first-order chi connectivity index (χ1) is 19.0. The van der Waals surface area contributed by atoms with Gasteiger partial charge in [0.2, 0.25) is 0 Å². The Morgan fingerprint density at radius 1 is 1.05 bits per heavy atom. The molecule has 2 fully saturated rings. The first-order valence-electron chi connectivity index (χ1n) is 14.6. The number of aromatic nitrogens is 1. The molecular weight excluding hydrogens is 484 g/mol. The molecule has 1 saturated heterocycles. The largest absolute Gasteiger partial charge is 0.504 e. The first-order valence-corrected chi connectivity index (χ1v) is 14.6. The fourth-order valence-electron chi connectivity index (χ4n) is 8.97. The smallest absolute Gasteiger partial charge is 0.166 e. The van der Waals surface area contributed by atoms with Crippen molar-refractivity contribution in [3.63, 3.8) is 0 Å². The second kappa shape index (κ2) is 7.47. The van der Waals surface area contributed by atoms with E-state index < -0.39 is 11.0 Å². The van der Waals surface area contributed by atoms with Crippen molar-refractivity contribution in [1.82, 2.24) is 9.47 Å². The average Bonchev–Trinajstić information content (AvgIpc) is 3.60. The number of hydrogen-bond donors (Lipinski definition) is 2. The minimum Gasteiger partial charge on any atom is -0.504 e. The van der Waals surface area contributed by atoms with Crippen molar-refractivity contribution in [3.05, 3.63) is 94.2 Å². The number of phenolic OH excluding ortho intramolecular Hbond substituents is 1. The van der Waals surface area contributed by atoms with Gasteiger partial charge in [-0.05, 0) is 73.9 Å². The molecule has 5 heteroatoms. The number of ether oxygens (including phenoxy) is 1. The average molecular weight is 519 g/mol. The van der Waals surface area contributed by atoms with E-state index >= 15 is 0 Å². The number of aromatic hydroxyl groups is 1. The Hall–Kier alpha value is -3.28. The number of nitrogens with zero attached hydrogens (tertiary/aromatic N) is 2. The SMILES string of the molecule is Cc1cccc(Cn2c3c(c4ccccc42)C[C@@]2(O)[C@@H]4Cc5ccc(O)c6c5[C@@]2(CCN4CC2CC2)[C@H]3O6)c1. The van der Waals surface area contributed by atoms with Crippen LogP contribution in [-0.2, 0) is 24.8 Å². The van der Waals surface area contributed by atoms with Crippen LogP contribution in [0, 0.1) is 12.8 Å². The number of para-hydroxylation sites is 1. The molecule has 4 aromatic rings. The summed E-state index contributed by atoms with van der Waals surface area (Å²) in [5.74, 6) is 1.57. The zero-order valence-corrected chi connectivity index (χ0v) is 22.4. The Balaban J connectivity index is 1.31. The van der Waals surface area contributed by atoms with E-state index in [4.69, 9.17) is 4.74 Å². The summed E-state index contributed by atoms with van der Waals surface area (Å²) < 4.78 is 9.36. The fraction of sp³-hybridized carbons (Fsp3) is 0.412. The van der Waals surface area contributed by atoms with Crippen LogP contribution in [0.1, 0.15) is 58.9 Å². The third kappa shape index (κ3) is 2.78. The van der Waals surface area contributed by atoms with E-state index in [2.05, 4.69) is 71.0 Å². The van der Waals surface area contributed by atoms with Gasteiger partial charge in [0.05, 0.1) is 16.7 Å². The molecule has 0 radical (unpaired) electrons. The van der Waals surface area contributed by atoms with Crippen molar-refractivity contribution in [3.8, 4) is 11.5 Å². The van der Waals surface area contributed by atoms with Crippen LogP contribution in [0.3, 0.4) is 0 Å². The number of rotatable bonds is 4. The lowest BCUT2D eigenvalue weighted by Crippen LogP contribution is -2.74. The summed E-state index contributed by atoms with van der Waals surface area (Å²) in [5.41, 5.74) is 6.90. The Kier molecular flexibility index (Phi) is 4.31. The predicted octanol–water partition coefficient (Wildman–Crippen LogP) is 5.40. The van der Waals surface area contributed by atoms with E-state index in [0.29, 0.717) is 12.2 Å². The molecule has 198 valence electrons. The van der Waals surface area contributed by atoms with Crippen LogP contribution in [0.4, 0.5) is 0 Å². The monoisotopic (exact) mass is 518 g/mol. The van der Waals surface area contributed by atoms with Gasteiger partial charge in [-0.15, -0.1) is 0 Å². The highest BCUT2D eigenvalue weighted by molar-refractivity contribution is 5.87. The molecule has 9 rings (SSSR count). The number of aliphatic hydroxyl groups is 1. The van der Waals surface area contributed by atoms with Gasteiger partial charge >= 0.3 is 0 Å². The van der Waals surface area contributed by atoms with Crippen LogP contribution < -0.4 is 4.74 Å². The Morgan fingerprint density at radius 3 is 2.77 bits per heavy atom. The summed E-state index contributed by atoms with van der Waals surface area (Å²) in [7, 11) is 0. The summed E-state index contributed by atoms with van der Waals surface area (Å²) in [6.45, 7) is 4.94. The second-order valence-corrected chi connectivity index (χ2v) is 12.9. The molecular formula is C34H34N2O3. The van der Waals surface area contributed by atoms with E-state index in [1.165, 1.54) is 51.7 Å². The molecule has 1 aromatic heterocycles. The molecule has 4 atom stereocenters. The van der Waals surface area contributed by atoms with Crippen molar-refractivity contribution >= 4 is 10.9 Å². The Morgan fingerprint density at radius 2 is 1.92 bits per heavy atom. The van der Waals surface area contributed by atoms with E-state index in [9.17, 15) is 10.2 Å². The van der Waals surface area contributed by atoms with Crippen molar-refractivity contribution in [2.45, 2.75) is 68.7 Å². The van der Waals surface area contributed by atoms with Crippen LogP contribution >= 0.6 is 0 Å². The minimum absolute atomic E-state index is 0.0491. The molecule has 5 aliphatic rings. The predicted molar refractivity (Wildman–Crippen MR) is 150 cm³/mol. The highest BCUT2D eigenvalue weighted by Crippen LogP contribution is 2.69. The lowest BCUT2D eigenvalue weighted by atomic mass is 9.49. The zero-order chi connectivity index (χ0) is 26.1. The third-order valence-electron chi connectivity index (χ3n) is 10.8. The number of aryl methyl sites for hydroxylation is 1. The summed E-state index contributed by atoms with van der Waals surface area (Å²) in [5, 5.41) is 25.4. The molecule has 3 aromatic carbocycles. The van der Waals surface area contributed by atoms with Crippen LogP contribution in [0.5, 0.6) is 11.5 Å². The number of benzene rings is 3. The minimum atomic E-state index is -0.956. The number of fused-ring (bicyclic) bond motifs is 4. The summed E-state index contributed by atoms with van der Waals surface area (Å²) in [4.78, 5) is 2.60. The molecule has 0 amide bonds. The topological polar surface area (TPSA) is 57.9 Å². The molecule has 2 bridgehead atoms. The standard InChI is InChI=1S/C34H34N2O3/c1-20-5-4-6-22(15-20)19-36-26-8-3-2-7-24(26)25-17-34(38)28-16-23-11-12-27(37)31-29(23)33(34,32(39-31)30(25)36)13-14-35(28)18-21-9-10-21/h2-8,11-12,15,21,28,32,37-38H,9-10,13-14,16-19H2,1H3/t28-,32-,33-,34+/m0/s1. The molecule has 39 heavy (non-hydrogen) atoms. The van der Waals surface area contributed by atoms with E-state index in [1.807, 2.05) is 0 Å². The number of likely N-dealkylation sites (tertiary alicyclic amines) is 1. The van der Waals surface area contributed by atoms with E-state index in [1.54, 1.807) is 6.07 Å². The first kappa shape index (κ1) is 22.5. The van der Waals surface area contributed by atoms with Gasteiger partial charge in [0.1, 0.15) is 0 Å². The maximum Gasteiger partial charge on any atom is 0.166 e. The highest BCUT2D eigenvalue weighted by atomic mass is 16.5. The molecule has 5 nitrogen and oxygen atoms in total. The summed E-state index contributed by atoms with van der Waals surface area (Å²) in [6, 6.07) is 21.3. The van der Waals surface area contributed by atoms with Crippen LogP contribution in [0.25, 0.3) is 10.9 Å². The van der Waals surface area contributed by atoms with Gasteiger partial charge in [0.25, 0.3) is 0 Å². The molecule has 3 aliphatic carbocycles. The van der Waals surface area contributed by atoms with Gasteiger partial charge in [0.15, 0.2) is 17.6 Å². The molecule has 1 spiro atoms. The molecule has 2 aliphatic heterocycles. The van der Waals surface area contributed by atoms with Gasteiger partial charge in [-0.2, -0.15) is 0 Å². The maximum absolute atomic E-state index is 13.1. The fourth-order valence-corrected chi connectivity index (χ4v) is 8.97. The van der Waals surface area contributed by atoms with Crippen molar-refractivity contribution in [2.75, 3.05) is 13.1 Å². The summed E-state index contributed by atoms with van der Waals surface area (Å²) in [6.07, 6.45) is 4.54. The maximum atomic E-state index is 13.1. The van der Waals surface area contributed by atoms with Gasteiger partial charge < -0.3 is 19.5 Å². The molecule has 1 saturated carbocycles. The zero-order valence-electron chi connectivity index (χ0n) is 22.4. The number of piperidine rings is 1. The van der Waals surface area contributed by atoms with Crippen LogP contribution in [0.15, 0.2) is 60.7 Å². The third-order valence-corrected chi connectivity index (χ3v) is 10.8. The van der Waals surface area contributed by atoms with E-state index in [-0.39, 0.29) is 17.9 Å². The normalized spacial score (nSPS) is 30.2. The van der Waals surface area contributed by atoms with Crippen LogP contribution in [-0.4, -0.2) is 44.4 Å². The Bertz CT molecular complexity index is 1690. The number of phenols is 1. The molecule has 0 unspecified atom stereocenters. The lowest BCUT2D eigenvalue weighted by Gasteiger charge is -2.63. The van der Waals surface area contributed by atoms with E-state index in [0.717, 1.165) is 44.0 Å². The Labute approximate surface area is 228 Å². The van der Waals surface area contributed by atoms with Gasteiger partial charge in [0, 0.05) is 42.0 Å². The molecule has 3 heterocycles. The summed E-state index contributed by atoms with van der Waals surface area (Å²) >= 11 is 0. The van der Waals surface area contributed by atoms with Gasteiger partial charge in [-0.1, -0.05) is 54.1 Å².